The fraction of sp³-hybridized carbons (Fsp3) is 0.417. The maximum absolute atomic E-state index is 12.9. The van der Waals surface area contributed by atoms with Gasteiger partial charge in [0.15, 0.2) is 0 Å². The second-order valence-corrected chi connectivity index (χ2v) is 4.63. The Balaban J connectivity index is 2.33. The van der Waals surface area contributed by atoms with E-state index >= 15 is 0 Å². The Hall–Kier alpha value is -1.60. The SMILES string of the molecule is O=C(O)C(O)(O)c1ccc(C2(C(F)(F)F)CC2)cc1. The molecule has 0 spiro atoms. The molecule has 1 saturated carbocycles. The Morgan fingerprint density at radius 3 is 1.89 bits per heavy atom. The van der Waals surface area contributed by atoms with E-state index in [1.165, 1.54) is 0 Å². The average molecular weight is 276 g/mol. The maximum atomic E-state index is 12.9. The highest BCUT2D eigenvalue weighted by atomic mass is 19.4. The van der Waals surface area contributed by atoms with Gasteiger partial charge in [0.2, 0.25) is 0 Å². The van der Waals surface area contributed by atoms with E-state index in [-0.39, 0.29) is 24.0 Å². The molecule has 1 aliphatic rings. The highest BCUT2D eigenvalue weighted by Gasteiger charge is 2.64. The van der Waals surface area contributed by atoms with Gasteiger partial charge in [0.05, 0.1) is 5.41 Å². The average Bonchev–Trinajstić information content (AvgIpc) is 3.09. The third-order valence-electron chi connectivity index (χ3n) is 3.43. The molecular weight excluding hydrogens is 265 g/mol. The molecule has 1 aromatic carbocycles. The van der Waals surface area contributed by atoms with Crippen LogP contribution in [0, 0.1) is 0 Å². The first-order chi connectivity index (χ1) is 8.61. The van der Waals surface area contributed by atoms with Crippen molar-refractivity contribution >= 4 is 5.97 Å². The van der Waals surface area contributed by atoms with Crippen LogP contribution in [0.25, 0.3) is 0 Å². The molecule has 0 amide bonds. The van der Waals surface area contributed by atoms with E-state index in [0.29, 0.717) is 0 Å². The number of carboxylic acid groups (broad SMARTS) is 1. The summed E-state index contributed by atoms with van der Waals surface area (Å²) in [5, 5.41) is 27.1. The van der Waals surface area contributed by atoms with Crippen LogP contribution in [0.2, 0.25) is 0 Å². The van der Waals surface area contributed by atoms with Crippen LogP contribution in [-0.4, -0.2) is 27.5 Å². The highest BCUT2D eigenvalue weighted by molar-refractivity contribution is 5.76. The molecule has 0 bridgehead atoms. The molecule has 1 aliphatic carbocycles. The van der Waals surface area contributed by atoms with Gasteiger partial charge in [-0.15, -0.1) is 0 Å². The van der Waals surface area contributed by atoms with Gasteiger partial charge in [0.1, 0.15) is 0 Å². The fourth-order valence-corrected chi connectivity index (χ4v) is 2.01. The lowest BCUT2D eigenvalue weighted by Gasteiger charge is -2.21. The predicted octanol–water partition coefficient (Wildman–Crippen LogP) is 1.50. The van der Waals surface area contributed by atoms with Crippen molar-refractivity contribution in [2.24, 2.45) is 0 Å². The number of aliphatic carboxylic acids is 1. The molecule has 1 fully saturated rings. The monoisotopic (exact) mass is 276 g/mol. The van der Waals surface area contributed by atoms with E-state index in [1.54, 1.807) is 0 Å². The Morgan fingerprint density at radius 1 is 1.11 bits per heavy atom. The number of carbonyl (C=O) groups is 1. The fourth-order valence-electron chi connectivity index (χ4n) is 2.01. The molecule has 0 unspecified atom stereocenters. The van der Waals surface area contributed by atoms with Crippen molar-refractivity contribution in [2.45, 2.75) is 30.2 Å². The minimum atomic E-state index is -4.36. The zero-order chi connectivity index (χ0) is 14.5. The number of hydrogen-bond donors (Lipinski definition) is 3. The van der Waals surface area contributed by atoms with Gasteiger partial charge in [-0.25, -0.2) is 4.79 Å². The summed E-state index contributed by atoms with van der Waals surface area (Å²) < 4.78 is 38.6. The zero-order valence-electron chi connectivity index (χ0n) is 9.61. The Labute approximate surface area is 106 Å². The summed E-state index contributed by atoms with van der Waals surface area (Å²) in [5.41, 5.74) is -2.26. The van der Waals surface area contributed by atoms with Crippen molar-refractivity contribution in [3.8, 4) is 0 Å². The molecule has 2 rings (SSSR count). The van der Waals surface area contributed by atoms with Gasteiger partial charge >= 0.3 is 12.1 Å². The normalized spacial score (nSPS) is 18.2. The van der Waals surface area contributed by atoms with Crippen LogP contribution >= 0.6 is 0 Å². The van der Waals surface area contributed by atoms with E-state index in [4.69, 9.17) is 5.11 Å². The van der Waals surface area contributed by atoms with Crippen molar-refractivity contribution in [3.05, 3.63) is 35.4 Å². The molecule has 19 heavy (non-hydrogen) atoms. The summed E-state index contributed by atoms with van der Waals surface area (Å²) in [6.07, 6.45) is -4.40. The number of aliphatic hydroxyl groups is 2. The van der Waals surface area contributed by atoms with E-state index in [1.807, 2.05) is 0 Å². The number of rotatable bonds is 3. The standard InChI is InChI=1S/C12H11F3O4/c13-12(14,15)10(5-6-10)7-1-3-8(4-2-7)11(18,19)9(16)17/h1-4,18-19H,5-6H2,(H,16,17). The minimum absolute atomic E-state index is 0.00457. The highest BCUT2D eigenvalue weighted by Crippen LogP contribution is 2.58. The minimum Gasteiger partial charge on any atom is -0.477 e. The first-order valence-corrected chi connectivity index (χ1v) is 5.47. The summed E-state index contributed by atoms with van der Waals surface area (Å²) in [6, 6.07) is 4.13. The lowest BCUT2D eigenvalue weighted by molar-refractivity contribution is -0.208. The van der Waals surface area contributed by atoms with Gasteiger partial charge in [0, 0.05) is 5.56 Å². The van der Waals surface area contributed by atoms with Crippen LogP contribution in [0.1, 0.15) is 24.0 Å². The summed E-state index contributed by atoms with van der Waals surface area (Å²) >= 11 is 0. The van der Waals surface area contributed by atoms with Gasteiger partial charge in [-0.05, 0) is 18.4 Å². The van der Waals surface area contributed by atoms with Crippen molar-refractivity contribution in [2.75, 3.05) is 0 Å². The quantitative estimate of drug-likeness (QED) is 0.731. The largest absolute Gasteiger partial charge is 0.477 e. The van der Waals surface area contributed by atoms with Gasteiger partial charge in [-0.2, -0.15) is 13.2 Å². The van der Waals surface area contributed by atoms with Gasteiger partial charge < -0.3 is 15.3 Å². The number of benzene rings is 1. The molecule has 0 aromatic heterocycles. The van der Waals surface area contributed by atoms with Crippen molar-refractivity contribution in [1.82, 2.24) is 0 Å². The Morgan fingerprint density at radius 2 is 1.58 bits per heavy atom. The second-order valence-electron chi connectivity index (χ2n) is 4.63. The number of alkyl halides is 3. The van der Waals surface area contributed by atoms with Crippen molar-refractivity contribution in [1.29, 1.82) is 0 Å². The van der Waals surface area contributed by atoms with E-state index in [2.05, 4.69) is 0 Å². The molecule has 4 nitrogen and oxygen atoms in total. The zero-order valence-corrected chi connectivity index (χ0v) is 9.61. The summed E-state index contributed by atoms with van der Waals surface area (Å²) in [6.45, 7) is 0. The Bertz CT molecular complexity index is 501. The molecule has 7 heteroatoms. The molecule has 1 aromatic rings. The lowest BCUT2D eigenvalue weighted by atomic mass is 9.93. The maximum Gasteiger partial charge on any atom is 0.398 e. The van der Waals surface area contributed by atoms with Crippen molar-refractivity contribution in [3.63, 3.8) is 0 Å². The van der Waals surface area contributed by atoms with Crippen LogP contribution in [0.15, 0.2) is 24.3 Å². The van der Waals surface area contributed by atoms with E-state index in [9.17, 15) is 28.2 Å². The van der Waals surface area contributed by atoms with Crippen LogP contribution in [0.5, 0.6) is 0 Å². The third kappa shape index (κ3) is 2.08. The Kier molecular flexibility index (Phi) is 2.87. The summed E-state index contributed by atoms with van der Waals surface area (Å²) in [5.74, 6) is -5.00. The second kappa shape index (κ2) is 3.94. The van der Waals surface area contributed by atoms with Crippen molar-refractivity contribution < 1.29 is 33.3 Å². The third-order valence-corrected chi connectivity index (χ3v) is 3.43. The first kappa shape index (κ1) is 13.8. The first-order valence-electron chi connectivity index (χ1n) is 5.47. The van der Waals surface area contributed by atoms with Crippen LogP contribution in [0.4, 0.5) is 13.2 Å². The topological polar surface area (TPSA) is 77.8 Å². The molecule has 0 radical (unpaired) electrons. The van der Waals surface area contributed by atoms with E-state index in [0.717, 1.165) is 24.3 Å². The number of carboxylic acids is 1. The number of halogens is 3. The van der Waals surface area contributed by atoms with Crippen LogP contribution < -0.4 is 0 Å². The predicted molar refractivity (Wildman–Crippen MR) is 57.2 cm³/mol. The molecule has 0 atom stereocenters. The molecule has 0 saturated heterocycles. The van der Waals surface area contributed by atoms with E-state index < -0.39 is 23.3 Å². The summed E-state index contributed by atoms with van der Waals surface area (Å²) in [7, 11) is 0. The molecule has 3 N–H and O–H groups in total. The molecular formula is C12H11F3O4. The van der Waals surface area contributed by atoms with Crippen LogP contribution in [-0.2, 0) is 16.0 Å². The molecule has 0 aliphatic heterocycles. The summed E-state index contributed by atoms with van der Waals surface area (Å²) in [4.78, 5) is 10.6. The number of hydrogen-bond acceptors (Lipinski definition) is 3. The molecule has 0 heterocycles. The van der Waals surface area contributed by atoms with Crippen LogP contribution in [0.3, 0.4) is 0 Å². The van der Waals surface area contributed by atoms with Gasteiger partial charge in [-0.3, -0.25) is 0 Å². The smallest absolute Gasteiger partial charge is 0.398 e. The van der Waals surface area contributed by atoms with Gasteiger partial charge in [-0.1, -0.05) is 24.3 Å². The molecule has 104 valence electrons. The lowest BCUT2D eigenvalue weighted by Crippen LogP contribution is -2.35. The van der Waals surface area contributed by atoms with Gasteiger partial charge in [0.25, 0.3) is 5.79 Å².